The standard InChI is InChI=1S/C16H20N4OS.2ClH/c17-7-6-15-19-14(11-22-15)16(21)18-12-4-3-5-13(10-12)20-8-1-2-9-20;;/h3-5,10-11H,1-2,6-9,17H2,(H,18,21);2*1H. The Balaban J connectivity index is 0.00000144. The van der Waals surface area contributed by atoms with Crippen molar-refractivity contribution in [1.29, 1.82) is 0 Å². The molecule has 24 heavy (non-hydrogen) atoms. The highest BCUT2D eigenvalue weighted by molar-refractivity contribution is 7.09. The van der Waals surface area contributed by atoms with Gasteiger partial charge in [-0.3, -0.25) is 4.79 Å². The van der Waals surface area contributed by atoms with E-state index in [1.165, 1.54) is 24.2 Å². The summed E-state index contributed by atoms with van der Waals surface area (Å²) >= 11 is 1.48. The number of carbonyl (C=O) groups excluding carboxylic acids is 1. The Morgan fingerprint density at radius 1 is 1.29 bits per heavy atom. The number of carbonyl (C=O) groups is 1. The monoisotopic (exact) mass is 388 g/mol. The van der Waals surface area contributed by atoms with Gasteiger partial charge in [0.05, 0.1) is 5.01 Å². The highest BCUT2D eigenvalue weighted by atomic mass is 35.5. The molecule has 1 saturated heterocycles. The number of thiazole rings is 1. The number of rotatable bonds is 5. The topological polar surface area (TPSA) is 71.2 Å². The second kappa shape index (κ2) is 9.84. The summed E-state index contributed by atoms with van der Waals surface area (Å²) in [6.45, 7) is 2.73. The van der Waals surface area contributed by atoms with Gasteiger partial charge in [-0.1, -0.05) is 6.07 Å². The Labute approximate surface area is 158 Å². The van der Waals surface area contributed by atoms with Crippen LogP contribution in [0.1, 0.15) is 28.3 Å². The lowest BCUT2D eigenvalue weighted by atomic mass is 10.2. The summed E-state index contributed by atoms with van der Waals surface area (Å²) in [5.74, 6) is -0.168. The summed E-state index contributed by atoms with van der Waals surface area (Å²) in [6, 6.07) is 7.99. The van der Waals surface area contributed by atoms with Gasteiger partial charge in [0.2, 0.25) is 0 Å². The molecule has 2 heterocycles. The molecule has 0 unspecified atom stereocenters. The van der Waals surface area contributed by atoms with E-state index in [2.05, 4.69) is 21.3 Å². The normalized spacial score (nSPS) is 13.1. The van der Waals surface area contributed by atoms with Crippen LogP contribution in [0, 0.1) is 0 Å². The maximum Gasteiger partial charge on any atom is 0.275 e. The number of halogens is 2. The fourth-order valence-corrected chi connectivity index (χ4v) is 3.40. The van der Waals surface area contributed by atoms with E-state index in [0.717, 1.165) is 29.5 Å². The molecule has 0 atom stereocenters. The van der Waals surface area contributed by atoms with Crippen molar-refractivity contribution >= 4 is 53.4 Å². The van der Waals surface area contributed by atoms with Crippen LogP contribution in [0.2, 0.25) is 0 Å². The van der Waals surface area contributed by atoms with Crippen LogP contribution in [0.3, 0.4) is 0 Å². The van der Waals surface area contributed by atoms with Crippen molar-refractivity contribution in [2.75, 3.05) is 29.9 Å². The number of hydrogen-bond donors (Lipinski definition) is 2. The van der Waals surface area contributed by atoms with E-state index in [-0.39, 0.29) is 30.7 Å². The smallest absolute Gasteiger partial charge is 0.275 e. The van der Waals surface area contributed by atoms with Crippen molar-refractivity contribution in [3.63, 3.8) is 0 Å². The van der Waals surface area contributed by atoms with E-state index >= 15 is 0 Å². The average molecular weight is 389 g/mol. The Bertz CT molecular complexity index is 659. The molecule has 5 nitrogen and oxygen atoms in total. The number of anilines is 2. The van der Waals surface area contributed by atoms with Gasteiger partial charge in [0.1, 0.15) is 5.69 Å². The zero-order chi connectivity index (χ0) is 15.4. The van der Waals surface area contributed by atoms with Crippen LogP contribution in [-0.4, -0.2) is 30.5 Å². The van der Waals surface area contributed by atoms with Crippen molar-refractivity contribution < 1.29 is 4.79 Å². The summed E-state index contributed by atoms with van der Waals surface area (Å²) in [5, 5.41) is 5.61. The molecule has 1 fully saturated rings. The van der Waals surface area contributed by atoms with Gasteiger partial charge in [0, 0.05) is 36.3 Å². The third-order valence-electron chi connectivity index (χ3n) is 3.72. The van der Waals surface area contributed by atoms with Crippen molar-refractivity contribution in [3.05, 3.63) is 40.3 Å². The van der Waals surface area contributed by atoms with Crippen molar-refractivity contribution in [2.24, 2.45) is 5.73 Å². The molecule has 1 aromatic carbocycles. The molecule has 1 aliphatic heterocycles. The molecule has 3 rings (SSSR count). The largest absolute Gasteiger partial charge is 0.371 e. The number of hydrogen-bond acceptors (Lipinski definition) is 5. The fourth-order valence-electron chi connectivity index (χ4n) is 2.60. The van der Waals surface area contributed by atoms with Crippen LogP contribution in [-0.2, 0) is 6.42 Å². The van der Waals surface area contributed by atoms with Crippen molar-refractivity contribution in [2.45, 2.75) is 19.3 Å². The zero-order valence-corrected chi connectivity index (χ0v) is 15.7. The number of nitrogens with one attached hydrogen (secondary N) is 1. The van der Waals surface area contributed by atoms with Gasteiger partial charge in [0.25, 0.3) is 5.91 Å². The van der Waals surface area contributed by atoms with Gasteiger partial charge in [0.15, 0.2) is 0 Å². The van der Waals surface area contributed by atoms with Crippen LogP contribution >= 0.6 is 36.2 Å². The van der Waals surface area contributed by atoms with E-state index in [9.17, 15) is 4.79 Å². The molecular formula is C16H22Cl2N4OS. The molecular weight excluding hydrogens is 367 g/mol. The van der Waals surface area contributed by atoms with E-state index < -0.39 is 0 Å². The molecule has 1 aliphatic rings. The number of amides is 1. The molecule has 132 valence electrons. The third-order valence-corrected chi connectivity index (χ3v) is 4.63. The molecule has 2 aromatic rings. The Kier molecular flexibility index (Phi) is 8.48. The molecule has 0 aliphatic carbocycles. The lowest BCUT2D eigenvalue weighted by Crippen LogP contribution is -2.18. The first kappa shape index (κ1) is 20.7. The molecule has 0 bridgehead atoms. The predicted octanol–water partition coefficient (Wildman–Crippen LogP) is 3.34. The highest BCUT2D eigenvalue weighted by Gasteiger charge is 2.14. The predicted molar refractivity (Wildman–Crippen MR) is 105 cm³/mol. The summed E-state index contributed by atoms with van der Waals surface area (Å²) in [7, 11) is 0. The van der Waals surface area contributed by atoms with Gasteiger partial charge >= 0.3 is 0 Å². The molecule has 3 N–H and O–H groups in total. The molecule has 0 saturated carbocycles. The first-order chi connectivity index (χ1) is 10.8. The van der Waals surface area contributed by atoms with Gasteiger partial charge in [-0.2, -0.15) is 0 Å². The van der Waals surface area contributed by atoms with E-state index in [4.69, 9.17) is 5.73 Å². The number of aromatic nitrogens is 1. The minimum atomic E-state index is -0.168. The maximum atomic E-state index is 12.3. The molecule has 0 spiro atoms. The third kappa shape index (κ3) is 5.08. The van der Waals surface area contributed by atoms with E-state index in [1.54, 1.807) is 5.38 Å². The quantitative estimate of drug-likeness (QED) is 0.823. The Hall–Kier alpha value is -1.34. The van der Waals surface area contributed by atoms with Crippen LogP contribution in [0.4, 0.5) is 11.4 Å². The van der Waals surface area contributed by atoms with Crippen molar-refractivity contribution in [3.8, 4) is 0 Å². The molecule has 1 aromatic heterocycles. The Morgan fingerprint density at radius 2 is 2.04 bits per heavy atom. The summed E-state index contributed by atoms with van der Waals surface area (Å²) in [5.41, 5.74) is 7.94. The van der Waals surface area contributed by atoms with Crippen LogP contribution in [0.5, 0.6) is 0 Å². The average Bonchev–Trinajstić information content (AvgIpc) is 3.19. The van der Waals surface area contributed by atoms with E-state index in [0.29, 0.717) is 18.7 Å². The minimum absolute atomic E-state index is 0. The summed E-state index contributed by atoms with van der Waals surface area (Å²) < 4.78 is 0. The van der Waals surface area contributed by atoms with E-state index in [1.807, 2.05) is 18.2 Å². The lowest BCUT2D eigenvalue weighted by Gasteiger charge is -2.18. The van der Waals surface area contributed by atoms with Crippen LogP contribution in [0.15, 0.2) is 29.6 Å². The Morgan fingerprint density at radius 3 is 2.75 bits per heavy atom. The lowest BCUT2D eigenvalue weighted by molar-refractivity contribution is 0.102. The minimum Gasteiger partial charge on any atom is -0.371 e. The van der Waals surface area contributed by atoms with Crippen molar-refractivity contribution in [1.82, 2.24) is 4.98 Å². The summed E-state index contributed by atoms with van der Waals surface area (Å²) in [4.78, 5) is 18.9. The summed E-state index contributed by atoms with van der Waals surface area (Å²) in [6.07, 6.45) is 3.18. The van der Waals surface area contributed by atoms with Crippen LogP contribution in [0.25, 0.3) is 0 Å². The number of nitrogens with zero attached hydrogens (tertiary/aromatic N) is 2. The molecule has 1 amide bonds. The van der Waals surface area contributed by atoms with Gasteiger partial charge < -0.3 is 16.0 Å². The highest BCUT2D eigenvalue weighted by Crippen LogP contribution is 2.23. The number of nitrogens with two attached hydrogens (primary N) is 1. The van der Waals surface area contributed by atoms with Crippen LogP contribution < -0.4 is 16.0 Å². The zero-order valence-electron chi connectivity index (χ0n) is 13.2. The molecule has 0 radical (unpaired) electrons. The SMILES string of the molecule is Cl.Cl.NCCc1nc(C(=O)Nc2cccc(N3CCCC3)c2)cs1. The van der Waals surface area contributed by atoms with Gasteiger partial charge in [-0.05, 0) is 37.6 Å². The van der Waals surface area contributed by atoms with Gasteiger partial charge in [-0.15, -0.1) is 36.2 Å². The fraction of sp³-hybridized carbons (Fsp3) is 0.375. The second-order valence-electron chi connectivity index (χ2n) is 5.36. The molecule has 8 heteroatoms. The van der Waals surface area contributed by atoms with Gasteiger partial charge in [-0.25, -0.2) is 4.98 Å². The first-order valence-electron chi connectivity index (χ1n) is 7.57. The maximum absolute atomic E-state index is 12.3. The number of benzene rings is 1. The first-order valence-corrected chi connectivity index (χ1v) is 8.45. The second-order valence-corrected chi connectivity index (χ2v) is 6.31.